The molecular weight excluding hydrogens is 246 g/mol. The Morgan fingerprint density at radius 3 is 3.00 bits per heavy atom. The summed E-state index contributed by atoms with van der Waals surface area (Å²) < 4.78 is 5.00. The summed E-state index contributed by atoms with van der Waals surface area (Å²) in [5.41, 5.74) is 0.977. The Labute approximate surface area is 112 Å². The highest BCUT2D eigenvalue weighted by atomic mass is 16.6. The molecule has 0 radical (unpaired) electrons. The molecule has 0 aromatic heterocycles. The van der Waals surface area contributed by atoms with Crippen LogP contribution < -0.4 is 10.1 Å². The van der Waals surface area contributed by atoms with E-state index in [0.29, 0.717) is 11.8 Å². The van der Waals surface area contributed by atoms with Crippen molar-refractivity contribution in [1.29, 1.82) is 0 Å². The fourth-order valence-corrected chi connectivity index (χ4v) is 2.39. The molecule has 1 heterocycles. The quantitative estimate of drug-likeness (QED) is 0.658. The third kappa shape index (κ3) is 3.42. The number of benzene rings is 1. The number of nitrogens with zero attached hydrogens (tertiary/aromatic N) is 2. The van der Waals surface area contributed by atoms with Crippen molar-refractivity contribution in [2.75, 3.05) is 26.7 Å². The Morgan fingerprint density at radius 2 is 2.37 bits per heavy atom. The average molecular weight is 265 g/mol. The predicted molar refractivity (Wildman–Crippen MR) is 72.4 cm³/mol. The lowest BCUT2D eigenvalue weighted by atomic mass is 10.1. The van der Waals surface area contributed by atoms with Crippen LogP contribution in [0.3, 0.4) is 0 Å². The van der Waals surface area contributed by atoms with Gasteiger partial charge in [0, 0.05) is 38.3 Å². The Hall–Kier alpha value is -1.66. The molecule has 1 fully saturated rings. The van der Waals surface area contributed by atoms with E-state index in [1.807, 2.05) is 6.07 Å². The zero-order valence-corrected chi connectivity index (χ0v) is 11.3. The van der Waals surface area contributed by atoms with E-state index >= 15 is 0 Å². The van der Waals surface area contributed by atoms with Gasteiger partial charge in [-0.1, -0.05) is 6.07 Å². The number of methoxy groups -OCH3 is 1. The second-order valence-electron chi connectivity index (χ2n) is 4.85. The molecule has 1 aliphatic rings. The summed E-state index contributed by atoms with van der Waals surface area (Å²) in [6, 6.07) is 5.62. The summed E-state index contributed by atoms with van der Waals surface area (Å²) in [5.74, 6) is 0.308. The molecule has 0 spiro atoms. The van der Waals surface area contributed by atoms with Crippen LogP contribution in [0.5, 0.6) is 5.75 Å². The van der Waals surface area contributed by atoms with E-state index < -0.39 is 4.92 Å². The van der Waals surface area contributed by atoms with Gasteiger partial charge < -0.3 is 10.1 Å². The molecule has 1 saturated heterocycles. The fraction of sp³-hybridized carbons (Fsp3) is 0.538. The standard InChI is InChI=1S/C13H19N3O3/c1-10-8-15(6-5-14-10)9-11-3-4-13(19-2)12(7-11)16(17)18/h3-4,7,10,14H,5-6,8-9H2,1-2H3/t10-/m1/s1. The monoisotopic (exact) mass is 265 g/mol. The maximum Gasteiger partial charge on any atom is 0.311 e. The van der Waals surface area contributed by atoms with Gasteiger partial charge in [-0.25, -0.2) is 0 Å². The van der Waals surface area contributed by atoms with Crippen molar-refractivity contribution >= 4 is 5.69 Å². The lowest BCUT2D eigenvalue weighted by molar-refractivity contribution is -0.385. The average Bonchev–Trinajstić information content (AvgIpc) is 2.38. The number of rotatable bonds is 4. The Morgan fingerprint density at radius 1 is 1.58 bits per heavy atom. The molecule has 1 N–H and O–H groups in total. The lowest BCUT2D eigenvalue weighted by Crippen LogP contribution is -2.48. The van der Waals surface area contributed by atoms with Crippen LogP contribution in [-0.4, -0.2) is 42.6 Å². The molecule has 0 amide bonds. The molecule has 2 rings (SSSR count). The Balaban J connectivity index is 2.12. The Kier molecular flexibility index (Phi) is 4.34. The lowest BCUT2D eigenvalue weighted by Gasteiger charge is -2.31. The van der Waals surface area contributed by atoms with E-state index in [4.69, 9.17) is 4.74 Å². The smallest absolute Gasteiger partial charge is 0.311 e. The van der Waals surface area contributed by atoms with Gasteiger partial charge in [-0.2, -0.15) is 0 Å². The topological polar surface area (TPSA) is 67.6 Å². The first-order valence-electron chi connectivity index (χ1n) is 6.37. The SMILES string of the molecule is COc1ccc(CN2CCN[C@H](C)C2)cc1[N+](=O)[O-]. The largest absolute Gasteiger partial charge is 0.490 e. The van der Waals surface area contributed by atoms with Crippen LogP contribution >= 0.6 is 0 Å². The van der Waals surface area contributed by atoms with Gasteiger partial charge in [-0.15, -0.1) is 0 Å². The highest BCUT2D eigenvalue weighted by Gasteiger charge is 2.19. The molecule has 1 aliphatic heterocycles. The van der Waals surface area contributed by atoms with Gasteiger partial charge in [0.15, 0.2) is 5.75 Å². The van der Waals surface area contributed by atoms with Crippen LogP contribution in [0.1, 0.15) is 12.5 Å². The van der Waals surface area contributed by atoms with Crippen LogP contribution in [0.25, 0.3) is 0 Å². The number of nitrogens with one attached hydrogen (secondary N) is 1. The summed E-state index contributed by atoms with van der Waals surface area (Å²) in [6.07, 6.45) is 0. The maximum absolute atomic E-state index is 11.0. The van der Waals surface area contributed by atoms with E-state index in [1.165, 1.54) is 7.11 Å². The summed E-state index contributed by atoms with van der Waals surface area (Å²) in [4.78, 5) is 12.9. The minimum absolute atomic E-state index is 0.0307. The molecule has 1 atom stereocenters. The minimum atomic E-state index is -0.400. The van der Waals surface area contributed by atoms with Gasteiger partial charge in [0.25, 0.3) is 0 Å². The van der Waals surface area contributed by atoms with Crippen LogP contribution in [0.15, 0.2) is 18.2 Å². The highest BCUT2D eigenvalue weighted by Crippen LogP contribution is 2.28. The number of piperazine rings is 1. The normalized spacial score (nSPS) is 20.2. The second kappa shape index (κ2) is 5.99. The highest BCUT2D eigenvalue weighted by molar-refractivity contribution is 5.48. The van der Waals surface area contributed by atoms with Crippen LogP contribution in [0.2, 0.25) is 0 Å². The van der Waals surface area contributed by atoms with E-state index in [0.717, 1.165) is 31.7 Å². The van der Waals surface area contributed by atoms with Crippen molar-refractivity contribution in [2.24, 2.45) is 0 Å². The number of nitro benzene ring substituents is 1. The van der Waals surface area contributed by atoms with E-state index in [2.05, 4.69) is 17.1 Å². The molecule has 1 aromatic carbocycles. The maximum atomic E-state index is 11.0. The first-order valence-corrected chi connectivity index (χ1v) is 6.37. The second-order valence-corrected chi connectivity index (χ2v) is 4.85. The summed E-state index contributed by atoms with van der Waals surface area (Å²) in [5, 5.41) is 14.4. The minimum Gasteiger partial charge on any atom is -0.490 e. The molecule has 6 nitrogen and oxygen atoms in total. The molecule has 0 bridgehead atoms. The van der Waals surface area contributed by atoms with Crippen molar-refractivity contribution in [3.63, 3.8) is 0 Å². The van der Waals surface area contributed by atoms with Gasteiger partial charge >= 0.3 is 5.69 Å². The number of nitro groups is 1. The molecule has 0 unspecified atom stereocenters. The molecule has 6 heteroatoms. The van der Waals surface area contributed by atoms with Crippen molar-refractivity contribution in [1.82, 2.24) is 10.2 Å². The predicted octanol–water partition coefficient (Wildman–Crippen LogP) is 1.40. The van der Waals surface area contributed by atoms with Crippen molar-refractivity contribution < 1.29 is 9.66 Å². The van der Waals surface area contributed by atoms with E-state index in [9.17, 15) is 10.1 Å². The molecule has 104 valence electrons. The Bertz CT molecular complexity index is 464. The summed E-state index contributed by atoms with van der Waals surface area (Å²) in [7, 11) is 1.44. The third-order valence-corrected chi connectivity index (χ3v) is 3.30. The first kappa shape index (κ1) is 13.8. The molecular formula is C13H19N3O3. The third-order valence-electron chi connectivity index (χ3n) is 3.30. The zero-order chi connectivity index (χ0) is 13.8. The number of hydrogen-bond donors (Lipinski definition) is 1. The fourth-order valence-electron chi connectivity index (χ4n) is 2.39. The molecule has 19 heavy (non-hydrogen) atoms. The van der Waals surface area contributed by atoms with Crippen molar-refractivity contribution in [3.8, 4) is 5.75 Å². The van der Waals surface area contributed by atoms with E-state index in [1.54, 1.807) is 12.1 Å². The summed E-state index contributed by atoms with van der Waals surface area (Å²) in [6.45, 7) is 5.75. The summed E-state index contributed by atoms with van der Waals surface area (Å²) >= 11 is 0. The number of ether oxygens (including phenoxy) is 1. The van der Waals surface area contributed by atoms with Crippen molar-refractivity contribution in [2.45, 2.75) is 19.5 Å². The number of hydrogen-bond acceptors (Lipinski definition) is 5. The van der Waals surface area contributed by atoms with Crippen molar-refractivity contribution in [3.05, 3.63) is 33.9 Å². The van der Waals surface area contributed by atoms with Gasteiger partial charge in [0.05, 0.1) is 12.0 Å². The van der Waals surface area contributed by atoms with Crippen LogP contribution in [-0.2, 0) is 6.54 Å². The molecule has 0 aliphatic carbocycles. The van der Waals surface area contributed by atoms with Crippen LogP contribution in [0, 0.1) is 10.1 Å². The molecule has 1 aromatic rings. The van der Waals surface area contributed by atoms with Gasteiger partial charge in [0.2, 0.25) is 0 Å². The van der Waals surface area contributed by atoms with Gasteiger partial charge in [-0.05, 0) is 18.6 Å². The van der Waals surface area contributed by atoms with Gasteiger partial charge in [0.1, 0.15) is 0 Å². The van der Waals surface area contributed by atoms with Crippen LogP contribution in [0.4, 0.5) is 5.69 Å². The van der Waals surface area contributed by atoms with E-state index in [-0.39, 0.29) is 5.69 Å². The van der Waals surface area contributed by atoms with Gasteiger partial charge in [-0.3, -0.25) is 15.0 Å². The first-order chi connectivity index (χ1) is 9.10. The molecule has 0 saturated carbocycles. The zero-order valence-electron chi connectivity index (χ0n) is 11.3.